The Morgan fingerprint density at radius 2 is 1.37 bits per heavy atom. The van der Waals surface area contributed by atoms with E-state index < -0.39 is 35.1 Å². The third-order valence-electron chi connectivity index (χ3n) is 13.8. The molecule has 2 amide bonds. The molecule has 76 heavy (non-hydrogen) atoms. The van der Waals surface area contributed by atoms with Crippen molar-refractivity contribution < 1.29 is 43.0 Å². The normalized spacial score (nSPS) is 15.3. The molecule has 1 fully saturated rings. The fourth-order valence-corrected chi connectivity index (χ4v) is 9.69. The lowest BCUT2D eigenvalue weighted by Crippen LogP contribution is -2.35. The van der Waals surface area contributed by atoms with Crippen LogP contribution in [0.3, 0.4) is 0 Å². The van der Waals surface area contributed by atoms with E-state index in [9.17, 15) is 24.5 Å². The highest BCUT2D eigenvalue weighted by atomic mass is 16.6. The smallest absolute Gasteiger partial charge is 0.412 e. The summed E-state index contributed by atoms with van der Waals surface area (Å²) in [5.74, 6) is 0.482. The van der Waals surface area contributed by atoms with E-state index in [1.807, 2.05) is 84.9 Å². The van der Waals surface area contributed by atoms with Crippen molar-refractivity contribution in [2.75, 3.05) is 32.2 Å². The molecule has 1 aliphatic rings. The highest BCUT2D eigenvalue weighted by Gasteiger charge is 2.44. The van der Waals surface area contributed by atoms with Gasteiger partial charge in [0.15, 0.2) is 23.2 Å². The molecule has 0 unspecified atom stereocenters. The summed E-state index contributed by atoms with van der Waals surface area (Å²) in [6.45, 7) is 2.89. The number of ether oxygens (including phenoxy) is 5. The summed E-state index contributed by atoms with van der Waals surface area (Å²) < 4.78 is 32.9. The summed E-state index contributed by atoms with van der Waals surface area (Å²) in [7, 11) is 1.63. The number of nitro groups is 1. The van der Waals surface area contributed by atoms with Gasteiger partial charge in [-0.3, -0.25) is 29.6 Å². The van der Waals surface area contributed by atoms with Crippen LogP contribution in [-0.4, -0.2) is 81.5 Å². The monoisotopic (exact) mass is 1040 g/mol. The van der Waals surface area contributed by atoms with Crippen LogP contribution in [0.4, 0.5) is 16.3 Å². The first-order valence-corrected chi connectivity index (χ1v) is 27.0. The molecular formula is C59H73N7O10. The Morgan fingerprint density at radius 1 is 0.750 bits per heavy atom. The number of fused-ring (bicyclic) bond motifs is 1. The van der Waals surface area contributed by atoms with Crippen LogP contribution in [0.5, 0.6) is 5.75 Å². The van der Waals surface area contributed by atoms with Crippen molar-refractivity contribution in [3.63, 3.8) is 0 Å². The molecule has 3 atom stereocenters. The van der Waals surface area contributed by atoms with Crippen LogP contribution in [0.2, 0.25) is 0 Å². The average molecular weight is 1040 g/mol. The number of rotatable bonds is 32. The molecule has 0 radical (unpaired) electrons. The number of nitro benzene ring substituents is 1. The first-order valence-electron chi connectivity index (χ1n) is 27.0. The first-order chi connectivity index (χ1) is 37.2. The number of aromatic nitrogens is 4. The van der Waals surface area contributed by atoms with Crippen LogP contribution in [0.25, 0.3) is 11.2 Å². The number of non-ortho nitro benzene ring substituents is 1. The molecule has 6 aromatic rings. The summed E-state index contributed by atoms with van der Waals surface area (Å²) in [6, 6.07) is 33.8. The maximum atomic E-state index is 13.7. The molecule has 2 aromatic heterocycles. The molecule has 1 saturated heterocycles. The third-order valence-corrected chi connectivity index (χ3v) is 13.8. The Labute approximate surface area is 445 Å². The van der Waals surface area contributed by atoms with Crippen LogP contribution < -0.4 is 15.4 Å². The molecule has 0 spiro atoms. The lowest BCUT2D eigenvalue weighted by molar-refractivity contribution is -0.384. The second kappa shape index (κ2) is 29.7. The van der Waals surface area contributed by atoms with E-state index in [2.05, 4.69) is 32.5 Å². The number of hydrogen-bond acceptors (Lipinski definition) is 13. The maximum absolute atomic E-state index is 13.7. The summed E-state index contributed by atoms with van der Waals surface area (Å²) in [5.41, 5.74) is 2.88. The van der Waals surface area contributed by atoms with Crippen molar-refractivity contribution >= 4 is 40.6 Å². The minimum absolute atomic E-state index is 0.00307. The van der Waals surface area contributed by atoms with E-state index in [4.69, 9.17) is 23.7 Å². The van der Waals surface area contributed by atoms with Crippen LogP contribution in [0.15, 0.2) is 122 Å². The number of amides is 2. The van der Waals surface area contributed by atoms with Gasteiger partial charge in [-0.25, -0.2) is 19.7 Å². The Bertz CT molecular complexity index is 2680. The van der Waals surface area contributed by atoms with E-state index >= 15 is 0 Å². The van der Waals surface area contributed by atoms with Crippen LogP contribution in [0.1, 0.15) is 145 Å². The van der Waals surface area contributed by atoms with Crippen molar-refractivity contribution in [3.8, 4) is 5.75 Å². The number of nitrogens with one attached hydrogen (secondary N) is 2. The molecule has 7 rings (SSSR count). The van der Waals surface area contributed by atoms with Gasteiger partial charge in [-0.15, -0.1) is 0 Å². The zero-order chi connectivity index (χ0) is 53.4. The Balaban J connectivity index is 0.990. The number of benzene rings is 4. The minimum Gasteiger partial charge on any atom is -0.497 e. The van der Waals surface area contributed by atoms with Gasteiger partial charge in [-0.1, -0.05) is 162 Å². The number of nitrogens with zero attached hydrogens (tertiary/aromatic N) is 5. The van der Waals surface area contributed by atoms with E-state index in [1.54, 1.807) is 23.8 Å². The summed E-state index contributed by atoms with van der Waals surface area (Å²) in [4.78, 5) is 63.2. The van der Waals surface area contributed by atoms with Gasteiger partial charge in [-0.05, 0) is 53.6 Å². The van der Waals surface area contributed by atoms with Gasteiger partial charge in [0.25, 0.3) is 5.69 Å². The number of esters is 1. The predicted octanol–water partition coefficient (Wildman–Crippen LogP) is 12.1. The van der Waals surface area contributed by atoms with E-state index in [-0.39, 0.29) is 55.0 Å². The van der Waals surface area contributed by atoms with Gasteiger partial charge in [0.1, 0.15) is 23.8 Å². The van der Waals surface area contributed by atoms with Gasteiger partial charge in [-0.2, -0.15) is 0 Å². The topological polar surface area (TPSA) is 208 Å². The molecule has 3 heterocycles. The predicted molar refractivity (Wildman–Crippen MR) is 290 cm³/mol. The summed E-state index contributed by atoms with van der Waals surface area (Å²) in [5, 5.41) is 16.7. The highest BCUT2D eigenvalue weighted by Crippen LogP contribution is 2.43. The number of anilines is 1. The van der Waals surface area contributed by atoms with Crippen LogP contribution in [0, 0.1) is 10.1 Å². The molecular weight excluding hydrogens is 967 g/mol. The van der Waals surface area contributed by atoms with Crippen molar-refractivity contribution in [3.05, 3.63) is 154 Å². The molecule has 17 heteroatoms. The van der Waals surface area contributed by atoms with E-state index in [0.29, 0.717) is 37.2 Å². The standard InChI is InChI=1S/C59H73N7O10/c1-3-4-5-6-7-8-9-10-11-12-20-27-52(67)60-38-22-15-21-28-53(68)76-51-40-50(41-74-59(45-23-16-13-17-24-45,46-25-18-14-19-26-46)47-31-35-49(72-2)36-32-47)75-57(51)65-43-63-54-55(61-42-62-56(54)65)64-58(69)73-39-37-44-29-33-48(34-30-44)66(70)71/h13-14,16-19,23-26,29-36,42-43,50-51,57H,3-12,15,20-22,27-28,37-41H2,1-2H3,(H,60,67)(H,61,62,64,69)/t50-,51+,57+/m0/s1. The van der Waals surface area contributed by atoms with Crippen molar-refractivity contribution in [2.45, 2.75) is 147 Å². The Hall–Kier alpha value is -7.24. The fourth-order valence-electron chi connectivity index (χ4n) is 9.69. The molecule has 0 aliphatic carbocycles. The van der Waals surface area contributed by atoms with Gasteiger partial charge in [0, 0.05) is 44.4 Å². The van der Waals surface area contributed by atoms with Crippen molar-refractivity contribution in [1.82, 2.24) is 24.8 Å². The SMILES string of the molecule is CCCCCCCCCCCCCC(=O)NCCCCCC(=O)O[C@@H]1C[C@@H](COC(c2ccccc2)(c2ccccc2)c2ccc(OC)cc2)O[C@H]1n1cnc2c(NC(=O)OCCc3ccc([N+](=O)[O-])cc3)ncnc21. The lowest BCUT2D eigenvalue weighted by atomic mass is 9.80. The second-order valence-corrected chi connectivity index (χ2v) is 19.3. The molecule has 0 saturated carbocycles. The van der Waals surface area contributed by atoms with Crippen LogP contribution in [-0.2, 0) is 40.6 Å². The summed E-state index contributed by atoms with van der Waals surface area (Å²) in [6.07, 6.45) is 16.8. The first kappa shape index (κ1) is 56.5. The van der Waals surface area contributed by atoms with Crippen LogP contribution >= 0.6 is 0 Å². The molecule has 4 aromatic carbocycles. The largest absolute Gasteiger partial charge is 0.497 e. The van der Waals surface area contributed by atoms with Gasteiger partial charge in [0.2, 0.25) is 5.91 Å². The fraction of sp³-hybridized carbons (Fsp3) is 0.458. The van der Waals surface area contributed by atoms with Gasteiger partial charge < -0.3 is 29.0 Å². The number of hydrogen-bond donors (Lipinski definition) is 2. The van der Waals surface area contributed by atoms with E-state index in [1.165, 1.54) is 82.6 Å². The van der Waals surface area contributed by atoms with E-state index in [0.717, 1.165) is 47.9 Å². The number of methoxy groups -OCH3 is 1. The maximum Gasteiger partial charge on any atom is 0.412 e. The number of carbonyl (C=O) groups excluding carboxylic acids is 3. The number of imidazole rings is 1. The van der Waals surface area contributed by atoms with Gasteiger partial charge in [0.05, 0.1) is 37.7 Å². The lowest BCUT2D eigenvalue weighted by Gasteiger charge is -2.36. The molecule has 404 valence electrons. The molecule has 2 N–H and O–H groups in total. The molecule has 17 nitrogen and oxygen atoms in total. The number of unbranched alkanes of at least 4 members (excludes halogenated alkanes) is 12. The quantitative estimate of drug-likeness (QED) is 0.0133. The average Bonchev–Trinajstić information content (AvgIpc) is 4.11. The third kappa shape index (κ3) is 16.1. The zero-order valence-corrected chi connectivity index (χ0v) is 43.9. The highest BCUT2D eigenvalue weighted by molar-refractivity contribution is 5.93. The summed E-state index contributed by atoms with van der Waals surface area (Å²) >= 11 is 0. The zero-order valence-electron chi connectivity index (χ0n) is 43.9. The molecule has 1 aliphatic heterocycles. The Kier molecular flexibility index (Phi) is 22.1. The second-order valence-electron chi connectivity index (χ2n) is 19.3. The number of carbonyl (C=O) groups is 3. The van der Waals surface area contributed by atoms with Crippen molar-refractivity contribution in [1.29, 1.82) is 0 Å². The van der Waals surface area contributed by atoms with Gasteiger partial charge >= 0.3 is 12.1 Å². The molecule has 0 bridgehead atoms. The van der Waals surface area contributed by atoms with Crippen molar-refractivity contribution in [2.24, 2.45) is 0 Å². The minimum atomic E-state index is -1.08. The Morgan fingerprint density at radius 3 is 2.01 bits per heavy atom.